The largest absolute Gasteiger partial charge is 0.696 e. The molecule has 0 fully saturated rings. The van der Waals surface area contributed by atoms with Crippen molar-refractivity contribution < 1.29 is 42.4 Å². The first-order chi connectivity index (χ1) is 22.3. The van der Waals surface area contributed by atoms with E-state index in [1.165, 1.54) is 23.3 Å². The fourth-order valence-corrected chi connectivity index (χ4v) is 4.94. The minimum Gasteiger partial charge on any atom is -0.451 e. The number of hydrogen-bond donors (Lipinski definition) is 4. The molecule has 4 amide bonds. The summed E-state index contributed by atoms with van der Waals surface area (Å²) in [4.78, 5) is 64.7. The number of rotatable bonds is 20. The predicted octanol–water partition coefficient (Wildman–Crippen LogP) is 4.67. The van der Waals surface area contributed by atoms with E-state index in [0.717, 1.165) is 24.8 Å². The highest BCUT2D eigenvalue weighted by Gasteiger charge is 2.32. The van der Waals surface area contributed by atoms with Crippen molar-refractivity contribution in [3.63, 3.8) is 0 Å². The van der Waals surface area contributed by atoms with E-state index in [1.54, 1.807) is 18.2 Å². The molecule has 1 unspecified atom stereocenters. The van der Waals surface area contributed by atoms with Crippen molar-refractivity contribution >= 4 is 32.4 Å². The molecule has 0 aliphatic heterocycles. The van der Waals surface area contributed by atoms with E-state index in [2.05, 4.69) is 27.4 Å². The summed E-state index contributed by atoms with van der Waals surface area (Å²) in [5, 5.41) is 8.97. The molecule has 0 aliphatic rings. The summed E-state index contributed by atoms with van der Waals surface area (Å²) >= 11 is 0. The van der Waals surface area contributed by atoms with E-state index in [0.29, 0.717) is 30.6 Å². The Bertz CT molecular complexity index is 1430. The van der Waals surface area contributed by atoms with Crippen LogP contribution in [-0.4, -0.2) is 53.5 Å². The number of carbonyl (C=O) groups is 4. The molecule has 0 saturated heterocycles. The summed E-state index contributed by atoms with van der Waals surface area (Å²) in [6.45, 7) is 3.58. The number of hydroxylamine groups is 2. The lowest BCUT2D eigenvalue weighted by Gasteiger charge is -2.32. The lowest BCUT2D eigenvalue weighted by atomic mass is 9.90. The van der Waals surface area contributed by atoms with Crippen LogP contribution in [0.3, 0.4) is 0 Å². The molecule has 4 N–H and O–H groups in total. The van der Waals surface area contributed by atoms with Crippen LogP contribution >= 0.6 is 8.25 Å². The summed E-state index contributed by atoms with van der Waals surface area (Å²) in [5.41, 5.74) is 1.79. The molecule has 14 heteroatoms. The number of carbonyl (C=O) groups excluding carboxylic acids is 4. The van der Waals surface area contributed by atoms with Crippen molar-refractivity contribution in [1.29, 1.82) is 0 Å². The lowest BCUT2D eigenvalue weighted by Crippen LogP contribution is -2.48. The van der Waals surface area contributed by atoms with Crippen LogP contribution in [0.4, 0.5) is 0 Å². The van der Waals surface area contributed by atoms with Gasteiger partial charge in [-0.05, 0) is 42.7 Å². The second-order valence-corrected chi connectivity index (χ2v) is 11.0. The van der Waals surface area contributed by atoms with Gasteiger partial charge in [0.1, 0.15) is 12.4 Å². The minimum absolute atomic E-state index is 0.0219. The summed E-state index contributed by atoms with van der Waals surface area (Å²) in [6, 6.07) is 18.3. The Morgan fingerprint density at radius 2 is 1.70 bits per heavy atom. The Morgan fingerprint density at radius 1 is 0.957 bits per heavy atom. The van der Waals surface area contributed by atoms with Gasteiger partial charge in [-0.15, -0.1) is 4.89 Å². The van der Waals surface area contributed by atoms with E-state index in [4.69, 9.17) is 14.1 Å². The third kappa shape index (κ3) is 11.2. The highest BCUT2D eigenvalue weighted by atomic mass is 31.1. The highest BCUT2D eigenvalue weighted by Crippen LogP contribution is 2.24. The maximum Gasteiger partial charge on any atom is 0.696 e. The number of amides is 4. The van der Waals surface area contributed by atoms with Gasteiger partial charge in [-0.2, -0.15) is 0 Å². The molecule has 3 atom stereocenters. The first-order valence-corrected chi connectivity index (χ1v) is 16.1. The van der Waals surface area contributed by atoms with Gasteiger partial charge >= 0.3 is 8.25 Å². The summed E-state index contributed by atoms with van der Waals surface area (Å²) < 4.78 is 20.7. The molecule has 0 radical (unpaired) electrons. The first-order valence-electron chi connectivity index (χ1n) is 15.0. The molecule has 13 nitrogen and oxygen atoms in total. The molecule has 0 bridgehead atoms. The maximum atomic E-state index is 13.4. The summed E-state index contributed by atoms with van der Waals surface area (Å²) in [5.74, 6) is -1.50. The van der Waals surface area contributed by atoms with E-state index < -0.39 is 38.8 Å². The lowest BCUT2D eigenvalue weighted by molar-refractivity contribution is -0.200. The molecule has 0 spiro atoms. The van der Waals surface area contributed by atoms with Crippen LogP contribution in [0.1, 0.15) is 72.4 Å². The van der Waals surface area contributed by atoms with Crippen LogP contribution < -0.4 is 16.0 Å². The third-order valence-electron chi connectivity index (χ3n) is 7.17. The molecular formula is C32H40N4O9P+. The van der Waals surface area contributed by atoms with Gasteiger partial charge in [0, 0.05) is 15.7 Å². The Balaban J connectivity index is 1.57. The molecule has 1 aromatic heterocycles. The Labute approximate surface area is 268 Å². The second-order valence-electron chi connectivity index (χ2n) is 10.3. The fraction of sp³-hybridized carbons (Fsp3) is 0.375. The van der Waals surface area contributed by atoms with Gasteiger partial charge in [0.05, 0.1) is 18.6 Å². The zero-order chi connectivity index (χ0) is 33.3. The maximum absolute atomic E-state index is 13.4. The molecule has 246 valence electrons. The van der Waals surface area contributed by atoms with Crippen molar-refractivity contribution in [2.75, 3.05) is 13.4 Å². The van der Waals surface area contributed by atoms with Crippen molar-refractivity contribution in [2.45, 2.75) is 58.6 Å². The number of benzene rings is 2. The second kappa shape index (κ2) is 19.2. The van der Waals surface area contributed by atoms with Gasteiger partial charge in [-0.25, -0.2) is 5.06 Å². The van der Waals surface area contributed by atoms with Crippen LogP contribution in [0.2, 0.25) is 0 Å². The third-order valence-corrected chi connectivity index (χ3v) is 7.52. The van der Waals surface area contributed by atoms with Gasteiger partial charge in [-0.3, -0.25) is 24.0 Å². The number of nitrogens with one attached hydrogen (secondary N) is 3. The number of hydrogen-bond acceptors (Lipinski definition) is 8. The Hall–Kier alpha value is -4.42. The number of nitrogens with zero attached hydrogens (tertiary/aromatic N) is 1. The molecule has 46 heavy (non-hydrogen) atoms. The van der Waals surface area contributed by atoms with Crippen molar-refractivity contribution in [3.05, 3.63) is 83.6 Å². The zero-order valence-electron chi connectivity index (χ0n) is 25.8. The normalized spacial score (nSPS) is 12.5. The van der Waals surface area contributed by atoms with E-state index in [1.807, 2.05) is 37.3 Å². The molecule has 3 aromatic rings. The van der Waals surface area contributed by atoms with E-state index >= 15 is 0 Å². The van der Waals surface area contributed by atoms with Crippen molar-refractivity contribution in [3.8, 4) is 11.3 Å². The average Bonchev–Trinajstić information content (AvgIpc) is 3.56. The standard InChI is InChI=1S/C32H39N4O9P/c1-3-5-7-12-26(27(4-2)36(22-37)43-19-23-10-8-6-9-11-23)31(39)33-20-34-32(40)29-18-17-28(45-29)24-13-15-25(16-14-24)30(38)35-21-44-46(41)42/h6,8-11,13-18,22,26-27H,3-5,7,12,19-21H2,1-2H3,(H3-,33,34,35,38,39,40,41,42)/p+1/t26-,27-/m1/s1. The quantitative estimate of drug-likeness (QED) is 0.0443. The van der Waals surface area contributed by atoms with Crippen LogP contribution in [0.15, 0.2) is 71.1 Å². The SMILES string of the molecule is CCCCC[C@@H](C(=O)NCNC(=O)c1ccc(-c2ccc(C(=O)NCO[P+](=O)O)cc2)o1)[C@@H](CC)N(C=O)OCc1ccccc1. The van der Waals surface area contributed by atoms with E-state index in [9.17, 15) is 23.7 Å². The zero-order valence-corrected chi connectivity index (χ0v) is 26.7. The van der Waals surface area contributed by atoms with Crippen molar-refractivity contribution in [1.82, 2.24) is 21.0 Å². The van der Waals surface area contributed by atoms with Gasteiger partial charge in [-0.1, -0.05) is 80.1 Å². The van der Waals surface area contributed by atoms with Gasteiger partial charge < -0.3 is 20.4 Å². The Morgan fingerprint density at radius 3 is 2.35 bits per heavy atom. The number of unbranched alkanes of at least 4 members (excludes halogenated alkanes) is 2. The van der Waals surface area contributed by atoms with Crippen molar-refractivity contribution in [2.24, 2.45) is 5.92 Å². The first kappa shape index (κ1) is 36.1. The van der Waals surface area contributed by atoms with Crippen LogP contribution in [0.5, 0.6) is 0 Å². The molecular weight excluding hydrogens is 615 g/mol. The molecule has 0 aliphatic carbocycles. The Kier molecular flexibility index (Phi) is 15.0. The summed E-state index contributed by atoms with van der Waals surface area (Å²) in [6.07, 6.45) is 4.34. The van der Waals surface area contributed by atoms with Gasteiger partial charge in [0.25, 0.3) is 11.8 Å². The smallest absolute Gasteiger partial charge is 0.451 e. The van der Waals surface area contributed by atoms with Crippen LogP contribution in [-0.2, 0) is 30.1 Å². The molecule has 3 rings (SSSR count). The van der Waals surface area contributed by atoms with Crippen LogP contribution in [0, 0.1) is 5.92 Å². The minimum atomic E-state index is -2.82. The topological polar surface area (TPSA) is 177 Å². The summed E-state index contributed by atoms with van der Waals surface area (Å²) in [7, 11) is -2.82. The highest BCUT2D eigenvalue weighted by molar-refractivity contribution is 7.32. The van der Waals surface area contributed by atoms with E-state index in [-0.39, 0.29) is 30.5 Å². The van der Waals surface area contributed by atoms with Gasteiger partial charge in [0.15, 0.2) is 12.5 Å². The van der Waals surface area contributed by atoms with Crippen LogP contribution in [0.25, 0.3) is 11.3 Å². The predicted molar refractivity (Wildman–Crippen MR) is 169 cm³/mol. The average molecular weight is 656 g/mol. The number of furan rings is 1. The molecule has 1 heterocycles. The monoisotopic (exact) mass is 655 g/mol. The van der Waals surface area contributed by atoms with Gasteiger partial charge in [0.2, 0.25) is 12.3 Å². The fourth-order valence-electron chi connectivity index (χ4n) is 4.77. The molecule has 0 saturated carbocycles. The molecule has 2 aromatic carbocycles.